The third-order valence-electron chi connectivity index (χ3n) is 5.76. The number of fused-ring (bicyclic) bond motifs is 1. The molecule has 2 aliphatic rings. The van der Waals surface area contributed by atoms with Gasteiger partial charge < -0.3 is 19.7 Å². The fourth-order valence-electron chi connectivity index (χ4n) is 3.99. The third-order valence-corrected chi connectivity index (χ3v) is 5.76. The summed E-state index contributed by atoms with van der Waals surface area (Å²) in [6, 6.07) is 11.9. The van der Waals surface area contributed by atoms with E-state index in [1.54, 1.807) is 49.4 Å². The van der Waals surface area contributed by atoms with E-state index in [9.17, 15) is 14.4 Å². The van der Waals surface area contributed by atoms with Crippen molar-refractivity contribution in [2.75, 3.05) is 37.0 Å². The van der Waals surface area contributed by atoms with Gasteiger partial charge in [0.1, 0.15) is 18.0 Å². The first-order chi connectivity index (χ1) is 15.5. The number of nitrogens with zero attached hydrogens (tertiary/aromatic N) is 2. The Bertz CT molecular complexity index is 1030. The lowest BCUT2D eigenvalue weighted by Crippen LogP contribution is -2.50. The predicted octanol–water partition coefficient (Wildman–Crippen LogP) is 3.07. The number of nitrogens with one attached hydrogen (secondary N) is 1. The minimum absolute atomic E-state index is 0.0488. The summed E-state index contributed by atoms with van der Waals surface area (Å²) in [5, 5.41) is 2.84. The van der Waals surface area contributed by atoms with Crippen LogP contribution in [0.25, 0.3) is 0 Å². The maximum absolute atomic E-state index is 12.9. The van der Waals surface area contributed by atoms with Gasteiger partial charge in [0.15, 0.2) is 6.10 Å². The predicted molar refractivity (Wildman–Crippen MR) is 120 cm³/mol. The van der Waals surface area contributed by atoms with E-state index in [1.165, 1.54) is 12.0 Å². The van der Waals surface area contributed by atoms with Crippen LogP contribution in [0.15, 0.2) is 42.5 Å². The molecule has 2 aliphatic heterocycles. The maximum Gasteiger partial charge on any atom is 0.268 e. The Labute approximate surface area is 187 Å². The van der Waals surface area contributed by atoms with Crippen molar-refractivity contribution >= 4 is 29.1 Å². The molecule has 0 aliphatic carbocycles. The first kappa shape index (κ1) is 21.7. The number of anilines is 2. The van der Waals surface area contributed by atoms with Gasteiger partial charge in [-0.05, 0) is 62.6 Å². The highest BCUT2D eigenvalue weighted by molar-refractivity contribution is 6.07. The van der Waals surface area contributed by atoms with Crippen molar-refractivity contribution in [2.24, 2.45) is 0 Å². The first-order valence-corrected chi connectivity index (χ1v) is 10.8. The molecule has 2 heterocycles. The molecular formula is C24H27N3O5. The fourth-order valence-corrected chi connectivity index (χ4v) is 3.99. The van der Waals surface area contributed by atoms with E-state index in [0.29, 0.717) is 28.4 Å². The van der Waals surface area contributed by atoms with Crippen molar-refractivity contribution < 1.29 is 23.9 Å². The second-order valence-electron chi connectivity index (χ2n) is 7.99. The summed E-state index contributed by atoms with van der Waals surface area (Å²) in [6.45, 7) is 3.06. The van der Waals surface area contributed by atoms with Crippen LogP contribution in [0.5, 0.6) is 11.5 Å². The molecule has 1 unspecified atom stereocenters. The van der Waals surface area contributed by atoms with Gasteiger partial charge in [0, 0.05) is 24.3 Å². The number of benzene rings is 2. The zero-order valence-electron chi connectivity index (χ0n) is 18.3. The van der Waals surface area contributed by atoms with Crippen molar-refractivity contribution in [3.63, 3.8) is 0 Å². The van der Waals surface area contributed by atoms with Crippen LogP contribution in [0.4, 0.5) is 11.4 Å². The van der Waals surface area contributed by atoms with Crippen LogP contribution in [0.2, 0.25) is 0 Å². The van der Waals surface area contributed by atoms with Crippen LogP contribution in [0.3, 0.4) is 0 Å². The molecule has 32 heavy (non-hydrogen) atoms. The van der Waals surface area contributed by atoms with Crippen molar-refractivity contribution in [2.45, 2.75) is 32.3 Å². The molecule has 8 nitrogen and oxygen atoms in total. The van der Waals surface area contributed by atoms with Crippen LogP contribution in [-0.4, -0.2) is 55.5 Å². The molecular weight excluding hydrogens is 410 g/mol. The number of ether oxygens (including phenoxy) is 2. The average molecular weight is 437 g/mol. The smallest absolute Gasteiger partial charge is 0.268 e. The molecule has 1 atom stereocenters. The van der Waals surface area contributed by atoms with Gasteiger partial charge in [0.25, 0.3) is 11.8 Å². The summed E-state index contributed by atoms with van der Waals surface area (Å²) < 4.78 is 10.9. The van der Waals surface area contributed by atoms with E-state index in [4.69, 9.17) is 9.47 Å². The number of piperidine rings is 1. The Morgan fingerprint density at radius 3 is 2.66 bits per heavy atom. The highest BCUT2D eigenvalue weighted by Crippen LogP contribution is 2.36. The van der Waals surface area contributed by atoms with Gasteiger partial charge in [-0.25, -0.2) is 0 Å². The van der Waals surface area contributed by atoms with Crippen LogP contribution in [0.1, 0.15) is 36.5 Å². The molecule has 2 aromatic carbocycles. The minimum atomic E-state index is -0.686. The van der Waals surface area contributed by atoms with Gasteiger partial charge in [0.05, 0.1) is 12.8 Å². The number of likely N-dealkylation sites (tertiary alicyclic amines) is 1. The Kier molecular flexibility index (Phi) is 6.30. The summed E-state index contributed by atoms with van der Waals surface area (Å²) in [6.07, 6.45) is 2.40. The normalized spacial score (nSPS) is 17.9. The summed E-state index contributed by atoms with van der Waals surface area (Å²) in [4.78, 5) is 41.7. The molecule has 8 heteroatoms. The van der Waals surface area contributed by atoms with Gasteiger partial charge in [-0.15, -0.1) is 0 Å². The highest BCUT2D eigenvalue weighted by Gasteiger charge is 2.34. The summed E-state index contributed by atoms with van der Waals surface area (Å²) >= 11 is 0. The molecule has 168 valence electrons. The lowest BCUT2D eigenvalue weighted by molar-refractivity contribution is -0.133. The Morgan fingerprint density at radius 1 is 1.12 bits per heavy atom. The minimum Gasteiger partial charge on any atom is -0.497 e. The standard InChI is InChI=1S/C24H27N3O5/c1-16-24(30)27(15-22(28)26-11-4-3-5-12-26)20-14-18(9-10-21(20)32-16)25-23(29)17-7-6-8-19(13-17)31-2/h6-10,13-14,16H,3-5,11-12,15H2,1-2H3,(H,25,29). The number of methoxy groups -OCH3 is 1. The van der Waals surface area contributed by atoms with Gasteiger partial charge in [0.2, 0.25) is 5.91 Å². The van der Waals surface area contributed by atoms with Gasteiger partial charge in [-0.2, -0.15) is 0 Å². The Balaban J connectivity index is 1.56. The van der Waals surface area contributed by atoms with Crippen LogP contribution in [0, 0.1) is 0 Å². The average Bonchev–Trinajstić information content (AvgIpc) is 2.82. The lowest BCUT2D eigenvalue weighted by Gasteiger charge is -2.35. The Hall–Kier alpha value is -3.55. The molecule has 1 saturated heterocycles. The molecule has 0 saturated carbocycles. The van der Waals surface area contributed by atoms with E-state index >= 15 is 0 Å². The second-order valence-corrected chi connectivity index (χ2v) is 7.99. The molecule has 1 N–H and O–H groups in total. The largest absolute Gasteiger partial charge is 0.497 e. The molecule has 0 spiro atoms. The van der Waals surface area contributed by atoms with E-state index < -0.39 is 6.10 Å². The molecule has 3 amide bonds. The lowest BCUT2D eigenvalue weighted by atomic mass is 10.1. The fraction of sp³-hybridized carbons (Fsp3) is 0.375. The van der Waals surface area contributed by atoms with Gasteiger partial charge in [-0.1, -0.05) is 6.07 Å². The molecule has 1 fully saturated rings. The Morgan fingerprint density at radius 2 is 1.91 bits per heavy atom. The number of amides is 3. The van der Waals surface area contributed by atoms with Crippen LogP contribution >= 0.6 is 0 Å². The number of hydrogen-bond donors (Lipinski definition) is 1. The maximum atomic E-state index is 12.9. The first-order valence-electron chi connectivity index (χ1n) is 10.8. The molecule has 2 aromatic rings. The SMILES string of the molecule is COc1cccc(C(=O)Nc2ccc3c(c2)N(CC(=O)N2CCCCC2)C(=O)C(C)O3)c1. The quantitative estimate of drug-likeness (QED) is 0.777. The molecule has 4 rings (SSSR count). The van der Waals surface area contributed by atoms with Gasteiger partial charge in [-0.3, -0.25) is 19.3 Å². The van der Waals surface area contributed by atoms with E-state index in [-0.39, 0.29) is 24.3 Å². The molecule has 0 aromatic heterocycles. The van der Waals surface area contributed by atoms with Crippen molar-refractivity contribution in [3.05, 3.63) is 48.0 Å². The van der Waals surface area contributed by atoms with E-state index in [2.05, 4.69) is 5.32 Å². The van der Waals surface area contributed by atoms with Crippen LogP contribution in [-0.2, 0) is 9.59 Å². The third kappa shape index (κ3) is 4.54. The van der Waals surface area contributed by atoms with E-state index in [0.717, 1.165) is 32.4 Å². The number of carbonyl (C=O) groups is 3. The van der Waals surface area contributed by atoms with Crippen LogP contribution < -0.4 is 19.7 Å². The number of rotatable bonds is 5. The van der Waals surface area contributed by atoms with Gasteiger partial charge >= 0.3 is 0 Å². The second kappa shape index (κ2) is 9.30. The summed E-state index contributed by atoms with van der Waals surface area (Å²) in [5.74, 6) is 0.417. The van der Waals surface area contributed by atoms with Crippen molar-refractivity contribution in [1.82, 2.24) is 4.90 Å². The van der Waals surface area contributed by atoms with Crippen molar-refractivity contribution in [1.29, 1.82) is 0 Å². The number of carbonyl (C=O) groups excluding carboxylic acids is 3. The summed E-state index contributed by atoms with van der Waals surface area (Å²) in [7, 11) is 1.54. The monoisotopic (exact) mass is 437 g/mol. The summed E-state index contributed by atoms with van der Waals surface area (Å²) in [5.41, 5.74) is 1.42. The highest BCUT2D eigenvalue weighted by atomic mass is 16.5. The van der Waals surface area contributed by atoms with E-state index in [1.807, 2.05) is 4.90 Å². The molecule has 0 radical (unpaired) electrons. The molecule has 0 bridgehead atoms. The number of hydrogen-bond acceptors (Lipinski definition) is 5. The zero-order valence-corrected chi connectivity index (χ0v) is 18.3. The zero-order chi connectivity index (χ0) is 22.7. The van der Waals surface area contributed by atoms with Crippen molar-refractivity contribution in [3.8, 4) is 11.5 Å². The topological polar surface area (TPSA) is 88.2 Å².